The Kier molecular flexibility index (Phi) is 8.36. The van der Waals surface area contributed by atoms with Crippen LogP contribution in [0, 0.1) is 0 Å². The molecule has 1 aliphatic rings. The largest absolute Gasteiger partial charge is 0.309 e. The van der Waals surface area contributed by atoms with Gasteiger partial charge in [0.05, 0.1) is 22.1 Å². The fraction of sp³-hybridized carbons (Fsp3) is 0.131. The molecule has 66 heavy (non-hydrogen) atoms. The molecule has 3 heterocycles. The molecule has 316 valence electrons. The third kappa shape index (κ3) is 5.89. The Morgan fingerprint density at radius 3 is 1.68 bits per heavy atom. The maximum absolute atomic E-state index is 5.46. The first-order chi connectivity index (χ1) is 32.2. The molecule has 1 aliphatic carbocycles. The van der Waals surface area contributed by atoms with Crippen molar-refractivity contribution in [1.82, 2.24) is 24.1 Å². The third-order valence-corrected chi connectivity index (χ3v) is 14.6. The molecule has 3 aromatic heterocycles. The van der Waals surface area contributed by atoms with E-state index in [-0.39, 0.29) is 10.8 Å². The van der Waals surface area contributed by atoms with Crippen molar-refractivity contribution in [2.24, 2.45) is 0 Å². The standard InChI is InChI=1S/C61H47N5/c1-60(2)32-33-61(3,4)49-37-53-47(36-48(49)60)55-50(65(53)45-23-9-6-10-24-45)30-31-52-56(55)54-46-25-14-13-17-39(46)28-29-51(54)66(52)59-63-57(40-18-7-5-8-19-40)62-58(64-59)44-22-15-21-42(35-44)43-27-26-38-16-11-12-20-41(38)34-43/h5-31,34-37H,32-33H2,1-4H3. The van der Waals surface area contributed by atoms with Crippen molar-refractivity contribution in [3.8, 4) is 45.5 Å². The molecule has 0 bridgehead atoms. The van der Waals surface area contributed by atoms with Crippen LogP contribution in [0.3, 0.4) is 0 Å². The van der Waals surface area contributed by atoms with Crippen molar-refractivity contribution in [2.75, 3.05) is 0 Å². The molecule has 0 N–H and O–H groups in total. The summed E-state index contributed by atoms with van der Waals surface area (Å²) in [7, 11) is 0. The fourth-order valence-electron chi connectivity index (χ4n) is 11.0. The van der Waals surface area contributed by atoms with Gasteiger partial charge in [0, 0.05) is 38.4 Å². The van der Waals surface area contributed by atoms with E-state index in [1.165, 1.54) is 65.3 Å². The molecular weight excluding hydrogens is 803 g/mol. The Hall–Kier alpha value is -7.89. The smallest absolute Gasteiger partial charge is 0.238 e. The molecule has 9 aromatic carbocycles. The summed E-state index contributed by atoms with van der Waals surface area (Å²) in [5.74, 6) is 1.83. The molecule has 0 atom stereocenters. The highest BCUT2D eigenvalue weighted by Gasteiger charge is 2.38. The van der Waals surface area contributed by atoms with Gasteiger partial charge in [-0.05, 0) is 122 Å². The summed E-state index contributed by atoms with van der Waals surface area (Å²) >= 11 is 0. The zero-order valence-electron chi connectivity index (χ0n) is 37.5. The molecule has 0 radical (unpaired) electrons. The van der Waals surface area contributed by atoms with Crippen molar-refractivity contribution < 1.29 is 0 Å². The number of fused-ring (bicyclic) bond motifs is 11. The van der Waals surface area contributed by atoms with Crippen molar-refractivity contribution in [3.63, 3.8) is 0 Å². The van der Waals surface area contributed by atoms with E-state index in [0.717, 1.165) is 51.8 Å². The minimum Gasteiger partial charge on any atom is -0.309 e. The molecule has 0 amide bonds. The molecule has 5 nitrogen and oxygen atoms in total. The lowest BCUT2D eigenvalue weighted by atomic mass is 9.63. The summed E-state index contributed by atoms with van der Waals surface area (Å²) in [5.41, 5.74) is 12.8. The summed E-state index contributed by atoms with van der Waals surface area (Å²) in [4.78, 5) is 16.1. The predicted octanol–water partition coefficient (Wildman–Crippen LogP) is 15.7. The van der Waals surface area contributed by atoms with Gasteiger partial charge in [-0.3, -0.25) is 4.57 Å². The zero-order valence-corrected chi connectivity index (χ0v) is 37.5. The lowest BCUT2D eigenvalue weighted by Gasteiger charge is -2.42. The van der Waals surface area contributed by atoms with Crippen LogP contribution in [0.2, 0.25) is 0 Å². The van der Waals surface area contributed by atoms with E-state index in [4.69, 9.17) is 15.0 Å². The number of rotatable bonds is 5. The number of para-hydroxylation sites is 1. The van der Waals surface area contributed by atoms with Gasteiger partial charge in [-0.15, -0.1) is 0 Å². The van der Waals surface area contributed by atoms with Crippen molar-refractivity contribution in [3.05, 3.63) is 199 Å². The Morgan fingerprint density at radius 2 is 0.909 bits per heavy atom. The Morgan fingerprint density at radius 1 is 0.364 bits per heavy atom. The average Bonchev–Trinajstić information content (AvgIpc) is 3.88. The van der Waals surface area contributed by atoms with Gasteiger partial charge in [-0.25, -0.2) is 4.98 Å². The lowest BCUT2D eigenvalue weighted by molar-refractivity contribution is 0.332. The van der Waals surface area contributed by atoms with E-state index in [9.17, 15) is 0 Å². The molecule has 0 saturated heterocycles. The Balaban J connectivity index is 1.14. The predicted molar refractivity (Wildman–Crippen MR) is 275 cm³/mol. The van der Waals surface area contributed by atoms with Crippen LogP contribution in [0.1, 0.15) is 51.7 Å². The topological polar surface area (TPSA) is 48.5 Å². The Bertz CT molecular complexity index is 3930. The minimum absolute atomic E-state index is 0.0372. The second-order valence-electron chi connectivity index (χ2n) is 19.5. The molecule has 5 heteroatoms. The maximum Gasteiger partial charge on any atom is 0.238 e. The zero-order chi connectivity index (χ0) is 44.3. The van der Waals surface area contributed by atoms with Gasteiger partial charge in [0.2, 0.25) is 5.95 Å². The average molecular weight is 850 g/mol. The lowest BCUT2D eigenvalue weighted by Crippen LogP contribution is -2.33. The van der Waals surface area contributed by atoms with Crippen molar-refractivity contribution >= 4 is 65.2 Å². The fourth-order valence-corrected chi connectivity index (χ4v) is 11.0. The summed E-state index contributed by atoms with van der Waals surface area (Å²) < 4.78 is 4.78. The van der Waals surface area contributed by atoms with Crippen LogP contribution in [0.5, 0.6) is 0 Å². The normalized spacial score (nSPS) is 14.5. The molecule has 0 fully saturated rings. The maximum atomic E-state index is 5.46. The van der Waals surface area contributed by atoms with Crippen LogP contribution < -0.4 is 0 Å². The van der Waals surface area contributed by atoms with Crippen LogP contribution in [0.25, 0.3) is 111 Å². The number of benzene rings is 9. The highest BCUT2D eigenvalue weighted by molar-refractivity contribution is 6.33. The van der Waals surface area contributed by atoms with Crippen LogP contribution in [-0.4, -0.2) is 24.1 Å². The monoisotopic (exact) mass is 849 g/mol. The summed E-state index contributed by atoms with van der Waals surface area (Å²) in [5, 5.41) is 9.73. The molecule has 0 spiro atoms. The number of aromatic nitrogens is 5. The van der Waals surface area contributed by atoms with E-state index >= 15 is 0 Å². The molecular formula is C61H47N5. The molecule has 0 unspecified atom stereocenters. The van der Waals surface area contributed by atoms with Crippen molar-refractivity contribution in [2.45, 2.75) is 51.4 Å². The van der Waals surface area contributed by atoms with Gasteiger partial charge >= 0.3 is 0 Å². The van der Waals surface area contributed by atoms with E-state index in [1.54, 1.807) is 0 Å². The van der Waals surface area contributed by atoms with Crippen LogP contribution in [0.15, 0.2) is 188 Å². The van der Waals surface area contributed by atoms with Gasteiger partial charge in [-0.1, -0.05) is 161 Å². The highest BCUT2D eigenvalue weighted by atomic mass is 15.2. The van der Waals surface area contributed by atoms with Gasteiger partial charge in [0.25, 0.3) is 0 Å². The molecule has 13 rings (SSSR count). The van der Waals surface area contributed by atoms with Gasteiger partial charge < -0.3 is 4.57 Å². The van der Waals surface area contributed by atoms with Crippen LogP contribution in [-0.2, 0) is 10.8 Å². The van der Waals surface area contributed by atoms with Gasteiger partial charge in [0.15, 0.2) is 11.6 Å². The Labute approximate surface area is 383 Å². The number of hydrogen-bond donors (Lipinski definition) is 0. The van der Waals surface area contributed by atoms with E-state index in [0.29, 0.717) is 17.6 Å². The molecule has 12 aromatic rings. The van der Waals surface area contributed by atoms with Crippen LogP contribution >= 0.6 is 0 Å². The van der Waals surface area contributed by atoms with E-state index in [2.05, 4.69) is 207 Å². The first-order valence-corrected chi connectivity index (χ1v) is 23.2. The third-order valence-electron chi connectivity index (χ3n) is 14.6. The summed E-state index contributed by atoms with van der Waals surface area (Å²) in [6.07, 6.45) is 2.30. The number of hydrogen-bond acceptors (Lipinski definition) is 3. The highest BCUT2D eigenvalue weighted by Crippen LogP contribution is 2.50. The molecule has 0 saturated carbocycles. The first-order valence-electron chi connectivity index (χ1n) is 23.2. The SMILES string of the molecule is CC1(C)CCC(C)(C)c2cc3c(cc21)c1c2c4c5ccccc5ccc4n(-c4nc(-c5ccccc5)nc(-c5cccc(-c6ccc7ccccc7c6)c5)n4)c2ccc1n3-c1ccccc1. The molecule has 0 aliphatic heterocycles. The summed E-state index contributed by atoms with van der Waals surface area (Å²) in [6, 6.07) is 68.0. The summed E-state index contributed by atoms with van der Waals surface area (Å²) in [6.45, 7) is 9.70. The van der Waals surface area contributed by atoms with E-state index < -0.39 is 0 Å². The minimum atomic E-state index is 0.0372. The van der Waals surface area contributed by atoms with E-state index in [1.807, 2.05) is 18.2 Å². The quantitative estimate of drug-likeness (QED) is 0.173. The second-order valence-corrected chi connectivity index (χ2v) is 19.5. The number of nitrogens with zero attached hydrogens (tertiary/aromatic N) is 5. The van der Waals surface area contributed by atoms with Gasteiger partial charge in [0.1, 0.15) is 0 Å². The van der Waals surface area contributed by atoms with Gasteiger partial charge in [-0.2, -0.15) is 9.97 Å². The van der Waals surface area contributed by atoms with Crippen molar-refractivity contribution in [1.29, 1.82) is 0 Å². The van der Waals surface area contributed by atoms with Crippen LogP contribution in [0.4, 0.5) is 0 Å². The first kappa shape index (κ1) is 38.6. The second kappa shape index (κ2) is 14.3.